The van der Waals surface area contributed by atoms with Crippen molar-refractivity contribution >= 4 is 76.9 Å². The van der Waals surface area contributed by atoms with Gasteiger partial charge < -0.3 is 19.9 Å². The minimum absolute atomic E-state index is 0. The predicted octanol–water partition coefficient (Wildman–Crippen LogP) is 5.23. The number of benzene rings is 2. The number of anilines is 2. The van der Waals surface area contributed by atoms with Crippen molar-refractivity contribution in [1.82, 2.24) is 20.1 Å². The molecule has 4 aromatic rings. The number of ether oxygens (including phenoxy) is 1. The van der Waals surface area contributed by atoms with E-state index in [-0.39, 0.29) is 30.7 Å². The lowest BCUT2D eigenvalue weighted by atomic mass is 10.0. The highest BCUT2D eigenvalue weighted by Gasteiger charge is 2.24. The molecule has 2 aliphatic heterocycles. The molecule has 2 aromatic heterocycles. The Morgan fingerprint density at radius 3 is 2.49 bits per heavy atom. The summed E-state index contributed by atoms with van der Waals surface area (Å²) in [4.78, 5) is 21.9. The molecule has 6 rings (SSSR count). The second-order valence-electron chi connectivity index (χ2n) is 9.41. The summed E-state index contributed by atoms with van der Waals surface area (Å²) < 4.78 is 5.33. The fourth-order valence-electron chi connectivity index (χ4n) is 4.77. The van der Waals surface area contributed by atoms with E-state index in [4.69, 9.17) is 4.74 Å². The molecule has 202 valence electrons. The van der Waals surface area contributed by atoms with Crippen molar-refractivity contribution in [2.75, 3.05) is 50.6 Å². The normalized spacial score (nSPS) is 16.2. The standard InChI is InChI=1S/C29H28N6O2.2ClH/c1-34-11-13-35(14-12-34)28-10-5-19(18-30-28)4-8-26-22-7-3-20(16-27(22)33-32-26)15-24-23-17-21(37-2)6-9-25(23)31-29(24)36;;/h3-10,15-18H,11-14H2,1-2H3,(H,31,36)(H,32,33);2*1H/b8-4+,24-15-;;. The number of H-pyrrole nitrogens is 1. The molecule has 0 unspecified atom stereocenters. The third kappa shape index (κ3) is 5.78. The zero-order valence-corrected chi connectivity index (χ0v) is 23.3. The molecule has 0 atom stereocenters. The number of aromatic nitrogens is 3. The SMILES string of the molecule is COc1ccc2c(c1)/C(=C/c1ccc3c(/C=C/c4ccc(N5CCN(C)CC5)nc4)n[nH]c3c1)C(=O)N2.Cl.Cl. The van der Waals surface area contributed by atoms with Crippen LogP contribution >= 0.6 is 24.8 Å². The van der Waals surface area contributed by atoms with Gasteiger partial charge in [-0.15, -0.1) is 24.8 Å². The summed E-state index contributed by atoms with van der Waals surface area (Å²) >= 11 is 0. The van der Waals surface area contributed by atoms with Crippen LogP contribution in [0.3, 0.4) is 0 Å². The Morgan fingerprint density at radius 2 is 1.74 bits per heavy atom. The number of likely N-dealkylation sites (N-methyl/N-ethyl adjacent to an activating group) is 1. The van der Waals surface area contributed by atoms with Gasteiger partial charge in [-0.1, -0.05) is 12.1 Å². The van der Waals surface area contributed by atoms with Crippen LogP contribution in [0, 0.1) is 0 Å². The first-order chi connectivity index (χ1) is 18.1. The summed E-state index contributed by atoms with van der Waals surface area (Å²) in [6.07, 6.45) is 7.82. The van der Waals surface area contributed by atoms with E-state index in [0.29, 0.717) is 11.3 Å². The lowest BCUT2D eigenvalue weighted by molar-refractivity contribution is -0.110. The second kappa shape index (κ2) is 11.9. The average molecular weight is 566 g/mol. The zero-order chi connectivity index (χ0) is 25.4. The average Bonchev–Trinajstić information content (AvgIpc) is 3.47. The Hall–Kier alpha value is -3.85. The number of hydrogen-bond donors (Lipinski definition) is 2. The quantitative estimate of drug-likeness (QED) is 0.323. The molecular formula is C29H30Cl2N6O2. The number of halogens is 2. The molecule has 2 aliphatic rings. The second-order valence-corrected chi connectivity index (χ2v) is 9.41. The molecule has 0 aliphatic carbocycles. The van der Waals surface area contributed by atoms with Crippen LogP contribution in [0.4, 0.5) is 11.5 Å². The van der Waals surface area contributed by atoms with Gasteiger partial charge in [0.15, 0.2) is 0 Å². The van der Waals surface area contributed by atoms with Gasteiger partial charge in [-0.3, -0.25) is 9.89 Å². The summed E-state index contributed by atoms with van der Waals surface area (Å²) in [6, 6.07) is 15.8. The number of rotatable bonds is 5. The maximum Gasteiger partial charge on any atom is 0.256 e. The van der Waals surface area contributed by atoms with E-state index in [0.717, 1.165) is 71.0 Å². The number of amides is 1. The Bertz CT molecular complexity index is 1540. The summed E-state index contributed by atoms with van der Waals surface area (Å²) in [6.45, 7) is 4.12. The van der Waals surface area contributed by atoms with Crippen molar-refractivity contribution in [1.29, 1.82) is 0 Å². The molecule has 0 radical (unpaired) electrons. The third-order valence-electron chi connectivity index (χ3n) is 6.97. The van der Waals surface area contributed by atoms with Crippen LogP contribution in [0.15, 0.2) is 54.7 Å². The largest absolute Gasteiger partial charge is 0.497 e. The Kier molecular flexibility index (Phi) is 8.60. The van der Waals surface area contributed by atoms with Crippen molar-refractivity contribution in [3.05, 3.63) is 77.1 Å². The molecule has 8 nitrogen and oxygen atoms in total. The smallest absolute Gasteiger partial charge is 0.256 e. The van der Waals surface area contributed by atoms with Crippen LogP contribution in [-0.2, 0) is 4.79 Å². The van der Waals surface area contributed by atoms with Crippen LogP contribution in [0.25, 0.3) is 34.7 Å². The van der Waals surface area contributed by atoms with Crippen LogP contribution in [-0.4, -0.2) is 66.3 Å². The lowest BCUT2D eigenvalue weighted by Crippen LogP contribution is -2.44. The van der Waals surface area contributed by atoms with E-state index >= 15 is 0 Å². The first kappa shape index (κ1) is 28.2. The topological polar surface area (TPSA) is 86.4 Å². The van der Waals surface area contributed by atoms with E-state index < -0.39 is 0 Å². The van der Waals surface area contributed by atoms with Gasteiger partial charge in [0.25, 0.3) is 5.91 Å². The van der Waals surface area contributed by atoms with E-state index in [1.165, 1.54) is 0 Å². The summed E-state index contributed by atoms with van der Waals surface area (Å²) in [5, 5.41) is 11.5. The first-order valence-electron chi connectivity index (χ1n) is 12.3. The minimum atomic E-state index is -0.121. The highest BCUT2D eigenvalue weighted by molar-refractivity contribution is 6.35. The summed E-state index contributed by atoms with van der Waals surface area (Å²) in [5.74, 6) is 1.61. The first-order valence-corrected chi connectivity index (χ1v) is 12.3. The van der Waals surface area contributed by atoms with Crippen LogP contribution in [0.5, 0.6) is 5.75 Å². The van der Waals surface area contributed by atoms with Crippen LogP contribution < -0.4 is 15.0 Å². The molecular weight excluding hydrogens is 535 g/mol. The molecule has 0 bridgehead atoms. The number of aromatic amines is 1. The van der Waals surface area contributed by atoms with Crippen molar-refractivity contribution < 1.29 is 9.53 Å². The Labute approximate surface area is 239 Å². The zero-order valence-electron chi connectivity index (χ0n) is 21.7. The number of hydrogen-bond acceptors (Lipinski definition) is 6. The molecule has 1 fully saturated rings. The van der Waals surface area contributed by atoms with Crippen molar-refractivity contribution in [3.63, 3.8) is 0 Å². The summed E-state index contributed by atoms with van der Waals surface area (Å²) in [5.41, 5.74) is 5.93. The molecule has 4 heterocycles. The fourth-order valence-corrected chi connectivity index (χ4v) is 4.77. The highest BCUT2D eigenvalue weighted by Crippen LogP contribution is 2.36. The van der Waals surface area contributed by atoms with Gasteiger partial charge in [-0.2, -0.15) is 5.10 Å². The number of carbonyl (C=O) groups is 1. The Balaban J connectivity index is 0.00000176. The molecule has 39 heavy (non-hydrogen) atoms. The number of carbonyl (C=O) groups excluding carboxylic acids is 1. The van der Waals surface area contributed by atoms with Gasteiger partial charge >= 0.3 is 0 Å². The maximum absolute atomic E-state index is 12.6. The lowest BCUT2D eigenvalue weighted by Gasteiger charge is -2.33. The van der Waals surface area contributed by atoms with Gasteiger partial charge in [-0.25, -0.2) is 4.98 Å². The molecule has 0 saturated carbocycles. The predicted molar refractivity (Wildman–Crippen MR) is 163 cm³/mol. The third-order valence-corrected chi connectivity index (χ3v) is 6.97. The monoisotopic (exact) mass is 564 g/mol. The van der Waals surface area contributed by atoms with E-state index in [1.807, 2.05) is 60.8 Å². The molecule has 1 saturated heterocycles. The van der Waals surface area contributed by atoms with Gasteiger partial charge in [-0.05, 0) is 72.8 Å². The van der Waals surface area contributed by atoms with E-state index in [2.05, 4.69) is 49.5 Å². The highest BCUT2D eigenvalue weighted by atomic mass is 35.5. The van der Waals surface area contributed by atoms with Gasteiger partial charge in [0.2, 0.25) is 0 Å². The summed E-state index contributed by atoms with van der Waals surface area (Å²) in [7, 11) is 3.77. The number of pyridine rings is 1. The number of methoxy groups -OCH3 is 1. The van der Waals surface area contributed by atoms with E-state index in [9.17, 15) is 4.79 Å². The van der Waals surface area contributed by atoms with Crippen LogP contribution in [0.2, 0.25) is 0 Å². The number of nitrogens with zero attached hydrogens (tertiary/aromatic N) is 4. The van der Waals surface area contributed by atoms with E-state index in [1.54, 1.807) is 7.11 Å². The van der Waals surface area contributed by atoms with Gasteiger partial charge in [0.1, 0.15) is 11.6 Å². The van der Waals surface area contributed by atoms with Crippen molar-refractivity contribution in [2.45, 2.75) is 0 Å². The van der Waals surface area contributed by atoms with Gasteiger partial charge in [0, 0.05) is 54.6 Å². The fraction of sp³-hybridized carbons (Fsp3) is 0.207. The number of nitrogens with one attached hydrogen (secondary N) is 2. The van der Waals surface area contributed by atoms with Gasteiger partial charge in [0.05, 0.1) is 18.3 Å². The van der Waals surface area contributed by atoms with Crippen molar-refractivity contribution in [2.24, 2.45) is 0 Å². The number of piperazine rings is 1. The van der Waals surface area contributed by atoms with Crippen LogP contribution in [0.1, 0.15) is 22.4 Å². The molecule has 2 aromatic carbocycles. The molecule has 0 spiro atoms. The molecule has 1 amide bonds. The molecule has 2 N–H and O–H groups in total. The number of fused-ring (bicyclic) bond motifs is 2. The maximum atomic E-state index is 12.6. The Morgan fingerprint density at radius 1 is 0.949 bits per heavy atom. The minimum Gasteiger partial charge on any atom is -0.497 e. The van der Waals surface area contributed by atoms with Crippen molar-refractivity contribution in [3.8, 4) is 5.75 Å². The molecule has 10 heteroatoms.